The third-order valence-electron chi connectivity index (χ3n) is 2.84. The average molecular weight is 201 g/mol. The molecule has 0 aromatic rings. The maximum Gasteiger partial charge on any atom is 0.133 e. The fraction of sp³-hybridized carbons (Fsp3) is 0.900. The van der Waals surface area contributed by atoms with Crippen LogP contribution in [0.2, 0.25) is 0 Å². The van der Waals surface area contributed by atoms with E-state index >= 15 is 0 Å². The van der Waals surface area contributed by atoms with Gasteiger partial charge in [-0.2, -0.15) is 0 Å². The van der Waals surface area contributed by atoms with Crippen molar-refractivity contribution in [1.82, 2.24) is 4.90 Å². The maximum absolute atomic E-state index is 11.1. The van der Waals surface area contributed by atoms with Gasteiger partial charge in [0, 0.05) is 12.5 Å². The van der Waals surface area contributed by atoms with Crippen LogP contribution in [-0.2, 0) is 4.79 Å². The second-order valence-corrected chi connectivity index (χ2v) is 4.02. The number of aliphatic hydroxyl groups is 2. The van der Waals surface area contributed by atoms with Crippen LogP contribution in [0.5, 0.6) is 0 Å². The number of aliphatic hydroxyl groups excluding tert-OH is 2. The first-order chi connectivity index (χ1) is 6.63. The molecule has 1 rings (SSSR count). The van der Waals surface area contributed by atoms with Gasteiger partial charge < -0.3 is 15.1 Å². The molecule has 0 radical (unpaired) electrons. The SMILES string of the molecule is CC(=O)C1CCN(CC(O)CO)CC1. The first kappa shape index (κ1) is 11.6. The molecule has 0 saturated carbocycles. The van der Waals surface area contributed by atoms with E-state index in [1.807, 2.05) is 0 Å². The number of nitrogens with zero attached hydrogens (tertiary/aromatic N) is 1. The number of β-amino-alcohol motifs (C(OH)–C–C–N with tert-alkyl or cyclic N) is 1. The standard InChI is InChI=1S/C10H19NO3/c1-8(13)9-2-4-11(5-3-9)6-10(14)7-12/h9-10,12,14H,2-7H2,1H3. The second kappa shape index (κ2) is 5.44. The predicted octanol–water partition coefficient (Wildman–Crippen LogP) is -0.359. The molecule has 0 spiro atoms. The molecule has 0 aliphatic carbocycles. The van der Waals surface area contributed by atoms with E-state index in [9.17, 15) is 9.90 Å². The largest absolute Gasteiger partial charge is 0.394 e. The minimum Gasteiger partial charge on any atom is -0.394 e. The van der Waals surface area contributed by atoms with Crippen LogP contribution in [0.3, 0.4) is 0 Å². The number of hydrogen-bond donors (Lipinski definition) is 2. The van der Waals surface area contributed by atoms with Gasteiger partial charge in [-0.1, -0.05) is 0 Å². The summed E-state index contributed by atoms with van der Waals surface area (Å²) in [5.74, 6) is 0.477. The summed E-state index contributed by atoms with van der Waals surface area (Å²) >= 11 is 0. The summed E-state index contributed by atoms with van der Waals surface area (Å²) in [7, 11) is 0. The molecule has 82 valence electrons. The number of hydrogen-bond acceptors (Lipinski definition) is 4. The Bertz CT molecular complexity index is 188. The number of Topliss-reactive ketones (excluding diaryl/α,β-unsaturated/α-hetero) is 1. The highest BCUT2D eigenvalue weighted by molar-refractivity contribution is 5.78. The number of likely N-dealkylation sites (tertiary alicyclic amines) is 1. The van der Waals surface area contributed by atoms with E-state index < -0.39 is 6.10 Å². The van der Waals surface area contributed by atoms with Crippen molar-refractivity contribution in [3.05, 3.63) is 0 Å². The van der Waals surface area contributed by atoms with Gasteiger partial charge in [0.25, 0.3) is 0 Å². The highest BCUT2D eigenvalue weighted by Crippen LogP contribution is 2.17. The fourth-order valence-electron chi connectivity index (χ4n) is 1.88. The van der Waals surface area contributed by atoms with Crippen molar-refractivity contribution in [3.63, 3.8) is 0 Å². The number of ketones is 1. The van der Waals surface area contributed by atoms with Gasteiger partial charge in [-0.15, -0.1) is 0 Å². The zero-order valence-corrected chi connectivity index (χ0v) is 8.65. The average Bonchev–Trinajstić information content (AvgIpc) is 2.18. The summed E-state index contributed by atoms with van der Waals surface area (Å²) < 4.78 is 0. The summed E-state index contributed by atoms with van der Waals surface area (Å²) in [6, 6.07) is 0. The number of carbonyl (C=O) groups excluding carboxylic acids is 1. The third-order valence-corrected chi connectivity index (χ3v) is 2.84. The van der Waals surface area contributed by atoms with E-state index in [1.165, 1.54) is 0 Å². The van der Waals surface area contributed by atoms with E-state index in [1.54, 1.807) is 6.92 Å². The van der Waals surface area contributed by atoms with Crippen molar-refractivity contribution in [1.29, 1.82) is 0 Å². The lowest BCUT2D eigenvalue weighted by Crippen LogP contribution is -2.41. The highest BCUT2D eigenvalue weighted by Gasteiger charge is 2.23. The fourth-order valence-corrected chi connectivity index (χ4v) is 1.88. The summed E-state index contributed by atoms with van der Waals surface area (Å²) in [5, 5.41) is 17.9. The van der Waals surface area contributed by atoms with Gasteiger partial charge in [0.2, 0.25) is 0 Å². The zero-order chi connectivity index (χ0) is 10.6. The molecule has 0 amide bonds. The van der Waals surface area contributed by atoms with E-state index in [0.717, 1.165) is 25.9 Å². The number of piperidine rings is 1. The second-order valence-electron chi connectivity index (χ2n) is 4.02. The molecule has 4 nitrogen and oxygen atoms in total. The minimum absolute atomic E-state index is 0.188. The maximum atomic E-state index is 11.1. The first-order valence-electron chi connectivity index (χ1n) is 5.15. The molecule has 1 atom stereocenters. The van der Waals surface area contributed by atoms with E-state index in [0.29, 0.717) is 6.54 Å². The Morgan fingerprint density at radius 3 is 2.50 bits per heavy atom. The number of carbonyl (C=O) groups is 1. The van der Waals surface area contributed by atoms with Crippen LogP contribution >= 0.6 is 0 Å². The lowest BCUT2D eigenvalue weighted by atomic mass is 9.93. The molecule has 1 saturated heterocycles. The highest BCUT2D eigenvalue weighted by atomic mass is 16.3. The van der Waals surface area contributed by atoms with Crippen molar-refractivity contribution in [2.45, 2.75) is 25.9 Å². The molecule has 14 heavy (non-hydrogen) atoms. The van der Waals surface area contributed by atoms with Crippen molar-refractivity contribution in [2.75, 3.05) is 26.2 Å². The van der Waals surface area contributed by atoms with Crippen LogP contribution < -0.4 is 0 Å². The topological polar surface area (TPSA) is 60.8 Å². The summed E-state index contributed by atoms with van der Waals surface area (Å²) in [5.41, 5.74) is 0. The van der Waals surface area contributed by atoms with Crippen molar-refractivity contribution in [3.8, 4) is 0 Å². The monoisotopic (exact) mass is 201 g/mol. The molecule has 0 aromatic heterocycles. The van der Waals surface area contributed by atoms with Crippen LogP contribution in [0.15, 0.2) is 0 Å². The molecule has 4 heteroatoms. The molecule has 2 N–H and O–H groups in total. The molecule has 0 aromatic carbocycles. The van der Waals surface area contributed by atoms with E-state index in [2.05, 4.69) is 4.90 Å². The Kier molecular flexibility index (Phi) is 4.51. The minimum atomic E-state index is -0.649. The smallest absolute Gasteiger partial charge is 0.133 e. The van der Waals surface area contributed by atoms with Crippen molar-refractivity contribution >= 4 is 5.78 Å². The Morgan fingerprint density at radius 1 is 1.50 bits per heavy atom. The van der Waals surface area contributed by atoms with Gasteiger partial charge in [0.15, 0.2) is 0 Å². The van der Waals surface area contributed by atoms with Crippen LogP contribution in [0.1, 0.15) is 19.8 Å². The molecular weight excluding hydrogens is 182 g/mol. The quantitative estimate of drug-likeness (QED) is 0.652. The van der Waals surface area contributed by atoms with Crippen molar-refractivity contribution < 1.29 is 15.0 Å². The van der Waals surface area contributed by atoms with Crippen LogP contribution in [-0.4, -0.2) is 53.2 Å². The molecular formula is C10H19NO3. The van der Waals surface area contributed by atoms with Gasteiger partial charge >= 0.3 is 0 Å². The Balaban J connectivity index is 2.25. The molecule has 1 aliphatic rings. The Labute approximate surface area is 84.5 Å². The van der Waals surface area contributed by atoms with Gasteiger partial charge in [0.05, 0.1) is 12.7 Å². The van der Waals surface area contributed by atoms with E-state index in [4.69, 9.17) is 5.11 Å². The van der Waals surface area contributed by atoms with Crippen LogP contribution in [0.25, 0.3) is 0 Å². The molecule has 1 aliphatic heterocycles. The zero-order valence-electron chi connectivity index (χ0n) is 8.65. The summed E-state index contributed by atoms with van der Waals surface area (Å²) in [6.07, 6.45) is 1.12. The molecule has 1 fully saturated rings. The Morgan fingerprint density at radius 2 is 2.07 bits per heavy atom. The summed E-state index contributed by atoms with van der Waals surface area (Å²) in [6.45, 7) is 3.67. The predicted molar refractivity (Wildman–Crippen MR) is 52.9 cm³/mol. The molecule has 1 heterocycles. The normalized spacial score (nSPS) is 22.2. The third kappa shape index (κ3) is 3.36. The van der Waals surface area contributed by atoms with Crippen molar-refractivity contribution in [2.24, 2.45) is 5.92 Å². The van der Waals surface area contributed by atoms with Gasteiger partial charge in [-0.3, -0.25) is 4.79 Å². The van der Waals surface area contributed by atoms with Crippen LogP contribution in [0, 0.1) is 5.92 Å². The van der Waals surface area contributed by atoms with E-state index in [-0.39, 0.29) is 18.3 Å². The lowest BCUT2D eigenvalue weighted by molar-refractivity contribution is -0.122. The Hall–Kier alpha value is -0.450. The van der Waals surface area contributed by atoms with Gasteiger partial charge in [-0.25, -0.2) is 0 Å². The first-order valence-corrected chi connectivity index (χ1v) is 5.15. The summed E-state index contributed by atoms with van der Waals surface area (Å²) in [4.78, 5) is 13.2. The van der Waals surface area contributed by atoms with Gasteiger partial charge in [0.1, 0.15) is 5.78 Å². The molecule has 0 bridgehead atoms. The molecule has 1 unspecified atom stereocenters. The van der Waals surface area contributed by atoms with Gasteiger partial charge in [-0.05, 0) is 32.9 Å². The lowest BCUT2D eigenvalue weighted by Gasteiger charge is -2.31. The van der Waals surface area contributed by atoms with Crippen LogP contribution in [0.4, 0.5) is 0 Å². The number of rotatable bonds is 4.